The summed E-state index contributed by atoms with van der Waals surface area (Å²) in [7, 11) is 0. The second kappa shape index (κ2) is 8.31. The average Bonchev–Trinajstić information content (AvgIpc) is 3.38. The third kappa shape index (κ3) is 3.91. The Morgan fingerprint density at radius 1 is 1.27 bits per heavy atom. The van der Waals surface area contributed by atoms with E-state index in [-0.39, 0.29) is 12.5 Å². The molecule has 1 N–H and O–H groups in total. The monoisotopic (exact) mass is 438 g/mol. The maximum atomic E-state index is 12.7. The van der Waals surface area contributed by atoms with Gasteiger partial charge < -0.3 is 4.90 Å². The van der Waals surface area contributed by atoms with E-state index in [1.165, 1.54) is 48.0 Å². The summed E-state index contributed by atoms with van der Waals surface area (Å²) in [4.78, 5) is 17.3. The lowest BCUT2D eigenvalue weighted by molar-refractivity contribution is -0.122. The number of carbonyl (C=O) groups excluding carboxylic acids is 1. The number of tetrazole rings is 1. The molecule has 1 atom stereocenters. The van der Waals surface area contributed by atoms with Crippen molar-refractivity contribution in [2.45, 2.75) is 32.2 Å². The molecular formula is C21H22N6OS2. The van der Waals surface area contributed by atoms with Gasteiger partial charge >= 0.3 is 0 Å². The Balaban J connectivity index is 1.28. The van der Waals surface area contributed by atoms with Gasteiger partial charge in [-0.15, -0.1) is 5.10 Å². The standard InChI is InChI=1S/C21H22N6OS2/c28-20-18(30-21(29)27(20)13-19-22-24-25-23-19)11-14-5-7-17(8-6-14)26-10-9-15-3-1-2-4-16(15)12-26/h4-8,11,15H,1-3,9-10,12-13H2,(H,22,23,24,25). The summed E-state index contributed by atoms with van der Waals surface area (Å²) in [6.45, 7) is 2.40. The van der Waals surface area contributed by atoms with Crippen molar-refractivity contribution in [3.8, 4) is 0 Å². The number of aromatic nitrogens is 4. The summed E-state index contributed by atoms with van der Waals surface area (Å²) in [6.07, 6.45) is 9.51. The lowest BCUT2D eigenvalue weighted by atomic mass is 9.82. The van der Waals surface area contributed by atoms with Gasteiger partial charge in [-0.05, 0) is 65.8 Å². The molecule has 3 heterocycles. The fourth-order valence-electron chi connectivity index (χ4n) is 4.32. The van der Waals surface area contributed by atoms with Gasteiger partial charge in [0.15, 0.2) is 5.82 Å². The Bertz CT molecular complexity index is 1010. The molecule has 30 heavy (non-hydrogen) atoms. The fourth-order valence-corrected chi connectivity index (χ4v) is 5.58. The van der Waals surface area contributed by atoms with Crippen molar-refractivity contribution in [3.05, 3.63) is 52.2 Å². The van der Waals surface area contributed by atoms with Crippen molar-refractivity contribution in [2.75, 3.05) is 18.0 Å². The van der Waals surface area contributed by atoms with Crippen LogP contribution in [0.25, 0.3) is 6.08 Å². The molecule has 5 rings (SSSR count). The van der Waals surface area contributed by atoms with E-state index in [2.05, 4.69) is 55.9 Å². The van der Waals surface area contributed by atoms with E-state index in [0.29, 0.717) is 15.1 Å². The minimum atomic E-state index is -0.114. The van der Waals surface area contributed by atoms with E-state index < -0.39 is 0 Å². The molecule has 1 aromatic carbocycles. The number of carbonyl (C=O) groups is 1. The highest BCUT2D eigenvalue weighted by Crippen LogP contribution is 2.35. The molecule has 3 aliphatic rings. The third-order valence-electron chi connectivity index (χ3n) is 5.94. The van der Waals surface area contributed by atoms with Gasteiger partial charge in [0, 0.05) is 18.8 Å². The molecule has 9 heteroatoms. The zero-order chi connectivity index (χ0) is 20.5. The van der Waals surface area contributed by atoms with Crippen LogP contribution in [-0.4, -0.2) is 48.8 Å². The maximum Gasteiger partial charge on any atom is 0.266 e. The van der Waals surface area contributed by atoms with Crippen LogP contribution in [0, 0.1) is 5.92 Å². The van der Waals surface area contributed by atoms with Crippen LogP contribution in [0.2, 0.25) is 0 Å². The number of rotatable bonds is 4. The molecule has 7 nitrogen and oxygen atoms in total. The van der Waals surface area contributed by atoms with Gasteiger partial charge in [0.1, 0.15) is 4.32 Å². The summed E-state index contributed by atoms with van der Waals surface area (Å²) in [5, 5.41) is 13.6. The van der Waals surface area contributed by atoms with Crippen molar-refractivity contribution in [1.82, 2.24) is 25.5 Å². The molecule has 2 aliphatic heterocycles. The number of hydrogen-bond donors (Lipinski definition) is 1. The number of fused-ring (bicyclic) bond motifs is 1. The van der Waals surface area contributed by atoms with Crippen molar-refractivity contribution in [3.63, 3.8) is 0 Å². The van der Waals surface area contributed by atoms with Gasteiger partial charge in [-0.1, -0.05) is 47.8 Å². The molecular weight excluding hydrogens is 416 g/mol. The Morgan fingerprint density at radius 3 is 2.93 bits per heavy atom. The average molecular weight is 439 g/mol. The lowest BCUT2D eigenvalue weighted by Gasteiger charge is -2.37. The van der Waals surface area contributed by atoms with Crippen molar-refractivity contribution in [2.24, 2.45) is 5.92 Å². The second-order valence-corrected chi connectivity index (χ2v) is 9.50. The zero-order valence-electron chi connectivity index (χ0n) is 16.5. The molecule has 0 spiro atoms. The zero-order valence-corrected chi connectivity index (χ0v) is 18.1. The van der Waals surface area contributed by atoms with Crippen LogP contribution in [0.5, 0.6) is 0 Å². The third-order valence-corrected chi connectivity index (χ3v) is 7.31. The number of thiocarbonyl (C=S) groups is 1. The number of anilines is 1. The van der Waals surface area contributed by atoms with E-state index in [0.717, 1.165) is 24.6 Å². The Morgan fingerprint density at radius 2 is 2.13 bits per heavy atom. The first-order valence-corrected chi connectivity index (χ1v) is 11.4. The van der Waals surface area contributed by atoms with Crippen LogP contribution < -0.4 is 4.90 Å². The number of aromatic amines is 1. The second-order valence-electron chi connectivity index (χ2n) is 7.82. The van der Waals surface area contributed by atoms with Gasteiger partial charge in [-0.2, -0.15) is 0 Å². The van der Waals surface area contributed by atoms with E-state index in [9.17, 15) is 4.79 Å². The molecule has 1 aliphatic carbocycles. The quantitative estimate of drug-likeness (QED) is 0.444. The van der Waals surface area contributed by atoms with Gasteiger partial charge in [0.05, 0.1) is 11.4 Å². The highest BCUT2D eigenvalue weighted by Gasteiger charge is 2.32. The van der Waals surface area contributed by atoms with Crippen LogP contribution >= 0.6 is 24.0 Å². The Hall–Kier alpha value is -2.52. The molecule has 154 valence electrons. The van der Waals surface area contributed by atoms with E-state index >= 15 is 0 Å². The fraction of sp³-hybridized carbons (Fsp3) is 0.381. The molecule has 1 amide bonds. The van der Waals surface area contributed by atoms with Crippen molar-refractivity contribution < 1.29 is 4.79 Å². The SMILES string of the molecule is O=C1C(=Cc2ccc(N3CCC4CCCC=C4C3)cc2)SC(=S)N1Cc1nnn[nH]1. The first kappa shape index (κ1) is 19.4. The Labute approximate surface area is 184 Å². The molecule has 2 saturated heterocycles. The molecule has 2 fully saturated rings. The summed E-state index contributed by atoms with van der Waals surface area (Å²) < 4.78 is 0.517. The largest absolute Gasteiger partial charge is 0.368 e. The number of H-pyrrole nitrogens is 1. The normalized spacial score (nSPS) is 23.1. The van der Waals surface area contributed by atoms with Crippen LogP contribution in [0.1, 0.15) is 37.1 Å². The van der Waals surface area contributed by atoms with Gasteiger partial charge in [-0.3, -0.25) is 9.69 Å². The first-order chi connectivity index (χ1) is 14.7. The van der Waals surface area contributed by atoms with Crippen LogP contribution in [0.4, 0.5) is 5.69 Å². The minimum absolute atomic E-state index is 0.114. The first-order valence-electron chi connectivity index (χ1n) is 10.2. The highest BCUT2D eigenvalue weighted by molar-refractivity contribution is 8.26. The number of thioether (sulfide) groups is 1. The topological polar surface area (TPSA) is 78.0 Å². The number of piperidine rings is 1. The van der Waals surface area contributed by atoms with Crippen molar-refractivity contribution in [1.29, 1.82) is 0 Å². The van der Waals surface area contributed by atoms with Crippen molar-refractivity contribution >= 4 is 46.0 Å². The van der Waals surface area contributed by atoms with Crippen LogP contribution in [0.15, 0.2) is 40.8 Å². The predicted molar refractivity (Wildman–Crippen MR) is 122 cm³/mol. The molecule has 0 saturated carbocycles. The molecule has 0 radical (unpaired) electrons. The van der Waals surface area contributed by atoms with Crippen LogP contribution in [0.3, 0.4) is 0 Å². The van der Waals surface area contributed by atoms with E-state index in [4.69, 9.17) is 12.2 Å². The molecule has 1 aromatic heterocycles. The summed E-state index contributed by atoms with van der Waals surface area (Å²) in [5.74, 6) is 1.19. The van der Waals surface area contributed by atoms with Gasteiger partial charge in [-0.25, -0.2) is 5.10 Å². The number of benzene rings is 1. The van der Waals surface area contributed by atoms with Gasteiger partial charge in [0.2, 0.25) is 0 Å². The number of amides is 1. The Kier molecular flexibility index (Phi) is 5.39. The smallest absolute Gasteiger partial charge is 0.266 e. The molecule has 1 unspecified atom stereocenters. The lowest BCUT2D eigenvalue weighted by Crippen LogP contribution is -2.36. The van der Waals surface area contributed by atoms with Crippen LogP contribution in [-0.2, 0) is 11.3 Å². The maximum absolute atomic E-state index is 12.7. The predicted octanol–water partition coefficient (Wildman–Crippen LogP) is 3.54. The summed E-state index contributed by atoms with van der Waals surface area (Å²) in [6, 6.07) is 8.44. The number of nitrogens with one attached hydrogen (secondary N) is 1. The highest BCUT2D eigenvalue weighted by atomic mass is 32.2. The number of nitrogens with zero attached hydrogens (tertiary/aromatic N) is 5. The summed E-state index contributed by atoms with van der Waals surface area (Å²) in [5.41, 5.74) is 3.84. The van der Waals surface area contributed by atoms with Gasteiger partial charge in [0.25, 0.3) is 5.91 Å². The van der Waals surface area contributed by atoms with E-state index in [1.807, 2.05) is 6.08 Å². The molecule has 2 aromatic rings. The molecule has 0 bridgehead atoms. The minimum Gasteiger partial charge on any atom is -0.368 e. The van der Waals surface area contributed by atoms with E-state index in [1.54, 1.807) is 5.57 Å². The number of allylic oxidation sites excluding steroid dienone is 1. The summed E-state index contributed by atoms with van der Waals surface area (Å²) >= 11 is 6.68. The number of hydrogen-bond acceptors (Lipinski definition) is 7.